The van der Waals surface area contributed by atoms with Crippen molar-refractivity contribution in [2.75, 3.05) is 20.8 Å². The third-order valence-corrected chi connectivity index (χ3v) is 4.10. The lowest BCUT2D eigenvalue weighted by Gasteiger charge is -2.12. The Hall–Kier alpha value is -2.69. The number of carbonyl (C=O) groups is 1. The van der Waals surface area contributed by atoms with Crippen LogP contribution in [0.25, 0.3) is 0 Å². The van der Waals surface area contributed by atoms with Crippen LogP contribution in [-0.2, 0) is 17.6 Å². The van der Waals surface area contributed by atoms with Gasteiger partial charge in [-0.15, -0.1) is 0 Å². The molecule has 5 heteroatoms. The Balaban J connectivity index is 1.51. The maximum atomic E-state index is 12.2. The number of rotatable bonds is 6. The van der Waals surface area contributed by atoms with Crippen LogP contribution in [0.5, 0.6) is 17.2 Å². The first-order valence-electron chi connectivity index (χ1n) is 7.94. The van der Waals surface area contributed by atoms with E-state index in [0.717, 1.165) is 16.9 Å². The average Bonchev–Trinajstić information content (AvgIpc) is 3.05. The molecule has 0 saturated heterocycles. The van der Waals surface area contributed by atoms with Gasteiger partial charge in [0, 0.05) is 13.0 Å². The lowest BCUT2D eigenvalue weighted by atomic mass is 10.1. The highest BCUT2D eigenvalue weighted by molar-refractivity contribution is 5.82. The molecule has 2 aromatic carbocycles. The standard InChI is InChI=1S/C19H21NO4/c1-22-16-8-7-13(11-17(16)23-2)9-10-20-19(21)18-12-14-5-3-4-6-15(14)24-18/h3-8,11,18H,9-10,12H2,1-2H3,(H,20,21). The highest BCUT2D eigenvalue weighted by atomic mass is 16.5. The number of methoxy groups -OCH3 is 2. The van der Waals surface area contributed by atoms with Crippen molar-refractivity contribution in [1.29, 1.82) is 0 Å². The molecule has 0 spiro atoms. The van der Waals surface area contributed by atoms with Gasteiger partial charge in [0.2, 0.25) is 0 Å². The Kier molecular flexibility index (Phi) is 4.89. The molecule has 0 aliphatic carbocycles. The summed E-state index contributed by atoms with van der Waals surface area (Å²) in [5.41, 5.74) is 2.15. The topological polar surface area (TPSA) is 56.8 Å². The molecule has 0 fully saturated rings. The zero-order valence-electron chi connectivity index (χ0n) is 13.9. The van der Waals surface area contributed by atoms with Crippen molar-refractivity contribution in [2.24, 2.45) is 0 Å². The van der Waals surface area contributed by atoms with Crippen molar-refractivity contribution >= 4 is 5.91 Å². The molecule has 1 amide bonds. The van der Waals surface area contributed by atoms with Gasteiger partial charge in [-0.25, -0.2) is 0 Å². The zero-order chi connectivity index (χ0) is 16.9. The normalized spacial score (nSPS) is 15.3. The third kappa shape index (κ3) is 3.45. The van der Waals surface area contributed by atoms with Gasteiger partial charge in [-0.2, -0.15) is 0 Å². The number of carbonyl (C=O) groups excluding carboxylic acids is 1. The van der Waals surface area contributed by atoms with E-state index in [1.165, 1.54) is 0 Å². The molecule has 1 unspecified atom stereocenters. The lowest BCUT2D eigenvalue weighted by molar-refractivity contribution is -0.127. The van der Waals surface area contributed by atoms with Gasteiger partial charge in [-0.1, -0.05) is 24.3 Å². The smallest absolute Gasteiger partial charge is 0.261 e. The Bertz CT molecular complexity index is 704. The maximum Gasteiger partial charge on any atom is 0.261 e. The maximum absolute atomic E-state index is 12.2. The minimum absolute atomic E-state index is 0.0772. The molecule has 1 N–H and O–H groups in total. The van der Waals surface area contributed by atoms with Gasteiger partial charge in [-0.3, -0.25) is 4.79 Å². The average molecular weight is 327 g/mol. The van der Waals surface area contributed by atoms with Crippen molar-refractivity contribution in [3.05, 3.63) is 53.6 Å². The molecular weight excluding hydrogens is 306 g/mol. The summed E-state index contributed by atoms with van der Waals surface area (Å²) in [4.78, 5) is 12.2. The summed E-state index contributed by atoms with van der Waals surface area (Å²) in [6.07, 6.45) is 0.900. The van der Waals surface area contributed by atoms with Crippen LogP contribution in [0.3, 0.4) is 0 Å². The second-order valence-corrected chi connectivity index (χ2v) is 5.65. The molecular formula is C19H21NO4. The molecule has 0 bridgehead atoms. The van der Waals surface area contributed by atoms with Crippen LogP contribution < -0.4 is 19.5 Å². The van der Waals surface area contributed by atoms with Gasteiger partial charge < -0.3 is 19.5 Å². The molecule has 0 saturated carbocycles. The van der Waals surface area contributed by atoms with Gasteiger partial charge in [0.05, 0.1) is 14.2 Å². The molecule has 0 radical (unpaired) electrons. The van der Waals surface area contributed by atoms with Gasteiger partial charge >= 0.3 is 0 Å². The van der Waals surface area contributed by atoms with Crippen LogP contribution >= 0.6 is 0 Å². The number of ether oxygens (including phenoxy) is 3. The van der Waals surface area contributed by atoms with Crippen molar-refractivity contribution in [3.8, 4) is 17.2 Å². The van der Waals surface area contributed by atoms with Gasteiger partial charge in [-0.05, 0) is 35.7 Å². The molecule has 1 heterocycles. The van der Waals surface area contributed by atoms with E-state index in [4.69, 9.17) is 14.2 Å². The fourth-order valence-corrected chi connectivity index (χ4v) is 2.81. The number of para-hydroxylation sites is 1. The fraction of sp³-hybridized carbons (Fsp3) is 0.316. The van der Waals surface area contributed by atoms with Gasteiger partial charge in [0.25, 0.3) is 5.91 Å². The van der Waals surface area contributed by atoms with Crippen molar-refractivity contribution in [1.82, 2.24) is 5.32 Å². The molecule has 5 nitrogen and oxygen atoms in total. The SMILES string of the molecule is COc1ccc(CCNC(=O)C2Cc3ccccc3O2)cc1OC. The molecule has 3 rings (SSSR count). The summed E-state index contributed by atoms with van der Waals surface area (Å²) < 4.78 is 16.2. The molecule has 1 aliphatic heterocycles. The Morgan fingerprint density at radius 1 is 1.17 bits per heavy atom. The minimum Gasteiger partial charge on any atom is -0.493 e. The van der Waals surface area contributed by atoms with E-state index in [-0.39, 0.29) is 5.91 Å². The Morgan fingerprint density at radius 2 is 1.96 bits per heavy atom. The zero-order valence-corrected chi connectivity index (χ0v) is 13.9. The highest BCUT2D eigenvalue weighted by Crippen LogP contribution is 2.29. The number of benzene rings is 2. The summed E-state index contributed by atoms with van der Waals surface area (Å²) in [6, 6.07) is 13.5. The lowest BCUT2D eigenvalue weighted by Crippen LogP contribution is -2.38. The van der Waals surface area contributed by atoms with Crippen molar-refractivity contribution in [3.63, 3.8) is 0 Å². The van der Waals surface area contributed by atoms with Gasteiger partial charge in [0.1, 0.15) is 5.75 Å². The Labute approximate surface area is 141 Å². The monoisotopic (exact) mass is 327 g/mol. The van der Waals surface area contributed by atoms with E-state index in [1.54, 1.807) is 14.2 Å². The van der Waals surface area contributed by atoms with Crippen LogP contribution in [0.1, 0.15) is 11.1 Å². The summed E-state index contributed by atoms with van der Waals surface area (Å²) in [5, 5.41) is 2.94. The quantitative estimate of drug-likeness (QED) is 0.885. The largest absolute Gasteiger partial charge is 0.493 e. The van der Waals surface area contributed by atoms with Crippen LogP contribution in [0.2, 0.25) is 0 Å². The van der Waals surface area contributed by atoms with E-state index in [1.807, 2.05) is 42.5 Å². The first-order chi connectivity index (χ1) is 11.7. The molecule has 24 heavy (non-hydrogen) atoms. The van der Waals surface area contributed by atoms with E-state index in [0.29, 0.717) is 30.9 Å². The molecule has 0 aromatic heterocycles. The first kappa shape index (κ1) is 16.2. The predicted octanol–water partition coefficient (Wildman–Crippen LogP) is 2.37. The summed E-state index contributed by atoms with van der Waals surface area (Å²) in [5.74, 6) is 2.11. The van der Waals surface area contributed by atoms with E-state index >= 15 is 0 Å². The molecule has 1 aliphatic rings. The Morgan fingerprint density at radius 3 is 2.71 bits per heavy atom. The van der Waals surface area contributed by atoms with E-state index < -0.39 is 6.10 Å². The summed E-state index contributed by atoms with van der Waals surface area (Å²) in [7, 11) is 3.22. The van der Waals surface area contributed by atoms with Crippen molar-refractivity contribution in [2.45, 2.75) is 18.9 Å². The van der Waals surface area contributed by atoms with Crippen LogP contribution in [0.15, 0.2) is 42.5 Å². The van der Waals surface area contributed by atoms with Crippen LogP contribution in [0, 0.1) is 0 Å². The van der Waals surface area contributed by atoms with E-state index in [2.05, 4.69) is 5.32 Å². The molecule has 2 aromatic rings. The van der Waals surface area contributed by atoms with E-state index in [9.17, 15) is 4.79 Å². The number of nitrogens with one attached hydrogen (secondary N) is 1. The number of amides is 1. The summed E-state index contributed by atoms with van der Waals surface area (Å²) in [6.45, 7) is 0.546. The van der Waals surface area contributed by atoms with Crippen LogP contribution in [0.4, 0.5) is 0 Å². The summed E-state index contributed by atoms with van der Waals surface area (Å²) >= 11 is 0. The number of hydrogen-bond acceptors (Lipinski definition) is 4. The number of fused-ring (bicyclic) bond motifs is 1. The third-order valence-electron chi connectivity index (χ3n) is 4.10. The molecule has 126 valence electrons. The molecule has 1 atom stereocenters. The van der Waals surface area contributed by atoms with Crippen molar-refractivity contribution < 1.29 is 19.0 Å². The minimum atomic E-state index is -0.437. The van der Waals surface area contributed by atoms with Crippen LogP contribution in [-0.4, -0.2) is 32.8 Å². The first-order valence-corrected chi connectivity index (χ1v) is 7.94. The fourth-order valence-electron chi connectivity index (χ4n) is 2.81. The van der Waals surface area contributed by atoms with Gasteiger partial charge in [0.15, 0.2) is 17.6 Å². The number of hydrogen-bond donors (Lipinski definition) is 1. The predicted molar refractivity (Wildman–Crippen MR) is 90.8 cm³/mol. The highest BCUT2D eigenvalue weighted by Gasteiger charge is 2.28. The second kappa shape index (κ2) is 7.25. The second-order valence-electron chi connectivity index (χ2n) is 5.65.